The maximum atomic E-state index is 5.32. The van der Waals surface area contributed by atoms with Gasteiger partial charge in [0.25, 0.3) is 0 Å². The van der Waals surface area contributed by atoms with Gasteiger partial charge in [-0.3, -0.25) is 0 Å². The number of methoxy groups -OCH3 is 2. The highest BCUT2D eigenvalue weighted by atomic mass is 16.5. The van der Waals surface area contributed by atoms with Crippen molar-refractivity contribution in [3.05, 3.63) is 23.8 Å². The third kappa shape index (κ3) is 2.14. The zero-order valence-electron chi connectivity index (χ0n) is 10.2. The third-order valence-electron chi connectivity index (χ3n) is 3.27. The molecule has 3 heteroatoms. The summed E-state index contributed by atoms with van der Waals surface area (Å²) in [5.74, 6) is 2.26. The van der Waals surface area contributed by atoms with E-state index in [1.165, 1.54) is 18.5 Å². The van der Waals surface area contributed by atoms with Crippen molar-refractivity contribution in [2.45, 2.75) is 12.3 Å². The molecule has 0 saturated carbocycles. The Hall–Kier alpha value is -1.22. The molecule has 0 N–H and O–H groups in total. The van der Waals surface area contributed by atoms with Crippen LogP contribution >= 0.6 is 0 Å². The Kier molecular flexibility index (Phi) is 3.34. The van der Waals surface area contributed by atoms with E-state index in [0.29, 0.717) is 5.92 Å². The number of benzene rings is 1. The molecule has 0 spiro atoms. The van der Waals surface area contributed by atoms with Gasteiger partial charge in [0.15, 0.2) is 11.5 Å². The Morgan fingerprint density at radius 1 is 1.19 bits per heavy atom. The van der Waals surface area contributed by atoms with E-state index in [2.05, 4.69) is 24.1 Å². The van der Waals surface area contributed by atoms with Gasteiger partial charge in [-0.25, -0.2) is 0 Å². The fraction of sp³-hybridized carbons (Fsp3) is 0.538. The second kappa shape index (κ2) is 4.74. The lowest BCUT2D eigenvalue weighted by Crippen LogP contribution is -2.13. The summed E-state index contributed by atoms with van der Waals surface area (Å²) in [6, 6.07) is 6.24. The predicted octanol–water partition coefficient (Wildman–Crippen LogP) is 2.12. The highest BCUT2D eigenvalue weighted by Crippen LogP contribution is 2.33. The molecule has 1 fully saturated rings. The Morgan fingerprint density at radius 3 is 2.50 bits per heavy atom. The van der Waals surface area contributed by atoms with Crippen molar-refractivity contribution in [3.63, 3.8) is 0 Å². The number of likely N-dealkylation sites (N-methyl/N-ethyl adjacent to an activating group) is 1. The minimum Gasteiger partial charge on any atom is -0.493 e. The van der Waals surface area contributed by atoms with Crippen molar-refractivity contribution in [2.75, 3.05) is 34.4 Å². The lowest BCUT2D eigenvalue weighted by atomic mass is 9.98. The fourth-order valence-corrected chi connectivity index (χ4v) is 2.31. The van der Waals surface area contributed by atoms with Gasteiger partial charge in [-0.2, -0.15) is 0 Å². The summed E-state index contributed by atoms with van der Waals surface area (Å²) in [5.41, 5.74) is 1.35. The second-order valence-corrected chi connectivity index (χ2v) is 4.36. The zero-order valence-corrected chi connectivity index (χ0v) is 10.2. The molecule has 0 bridgehead atoms. The number of rotatable bonds is 3. The number of likely N-dealkylation sites (tertiary alicyclic amines) is 1. The molecule has 3 nitrogen and oxygen atoms in total. The van der Waals surface area contributed by atoms with Gasteiger partial charge in [0, 0.05) is 6.54 Å². The van der Waals surface area contributed by atoms with E-state index < -0.39 is 0 Å². The van der Waals surface area contributed by atoms with E-state index in [1.807, 2.05) is 6.07 Å². The molecule has 1 aromatic rings. The molecule has 1 saturated heterocycles. The van der Waals surface area contributed by atoms with E-state index in [1.54, 1.807) is 14.2 Å². The van der Waals surface area contributed by atoms with Crippen molar-refractivity contribution >= 4 is 0 Å². The molecule has 0 aliphatic carbocycles. The van der Waals surface area contributed by atoms with Crippen LogP contribution in [0.1, 0.15) is 17.9 Å². The molecular weight excluding hydrogens is 202 g/mol. The van der Waals surface area contributed by atoms with Crippen LogP contribution in [0.25, 0.3) is 0 Å². The lowest BCUT2D eigenvalue weighted by Gasteiger charge is -2.14. The average molecular weight is 221 g/mol. The molecule has 0 radical (unpaired) electrons. The number of nitrogens with zero attached hydrogens (tertiary/aromatic N) is 1. The van der Waals surface area contributed by atoms with Crippen LogP contribution in [0.2, 0.25) is 0 Å². The molecule has 1 unspecified atom stereocenters. The first-order chi connectivity index (χ1) is 7.74. The smallest absolute Gasteiger partial charge is 0.160 e. The molecule has 1 atom stereocenters. The quantitative estimate of drug-likeness (QED) is 0.780. The summed E-state index contributed by atoms with van der Waals surface area (Å²) >= 11 is 0. The van der Waals surface area contributed by atoms with E-state index in [9.17, 15) is 0 Å². The summed E-state index contributed by atoms with van der Waals surface area (Å²) in [4.78, 5) is 2.36. The van der Waals surface area contributed by atoms with E-state index >= 15 is 0 Å². The highest BCUT2D eigenvalue weighted by molar-refractivity contribution is 5.44. The van der Waals surface area contributed by atoms with Gasteiger partial charge in [0.1, 0.15) is 0 Å². The molecule has 1 heterocycles. The number of hydrogen-bond acceptors (Lipinski definition) is 3. The van der Waals surface area contributed by atoms with Crippen LogP contribution in [-0.2, 0) is 0 Å². The normalized spacial score (nSPS) is 21.1. The first kappa shape index (κ1) is 11.3. The van der Waals surface area contributed by atoms with Crippen LogP contribution in [0.3, 0.4) is 0 Å². The van der Waals surface area contributed by atoms with Gasteiger partial charge in [-0.1, -0.05) is 6.07 Å². The van der Waals surface area contributed by atoms with Crippen LogP contribution in [0, 0.1) is 0 Å². The molecule has 1 aliphatic rings. The van der Waals surface area contributed by atoms with Crippen molar-refractivity contribution < 1.29 is 9.47 Å². The Bertz CT molecular complexity index is 365. The molecule has 88 valence electrons. The van der Waals surface area contributed by atoms with Crippen LogP contribution in [0.4, 0.5) is 0 Å². The van der Waals surface area contributed by atoms with E-state index in [-0.39, 0.29) is 0 Å². The maximum absolute atomic E-state index is 5.32. The molecular formula is C13H19NO2. The number of hydrogen-bond donors (Lipinski definition) is 0. The average Bonchev–Trinajstić information content (AvgIpc) is 2.75. The monoisotopic (exact) mass is 221 g/mol. The largest absolute Gasteiger partial charge is 0.493 e. The summed E-state index contributed by atoms with van der Waals surface area (Å²) in [5, 5.41) is 0. The van der Waals surface area contributed by atoms with Crippen molar-refractivity contribution in [2.24, 2.45) is 0 Å². The molecule has 16 heavy (non-hydrogen) atoms. The maximum Gasteiger partial charge on any atom is 0.160 e. The standard InChI is InChI=1S/C13H19NO2/c1-14-7-6-11(9-14)10-4-5-12(15-2)13(8-10)16-3/h4-5,8,11H,6-7,9H2,1-3H3. The predicted molar refractivity (Wildman–Crippen MR) is 64.4 cm³/mol. The molecule has 2 rings (SSSR count). The van der Waals surface area contributed by atoms with Gasteiger partial charge >= 0.3 is 0 Å². The van der Waals surface area contributed by atoms with Gasteiger partial charge < -0.3 is 14.4 Å². The summed E-state index contributed by atoms with van der Waals surface area (Å²) in [6.07, 6.45) is 1.23. The molecule has 0 aromatic heterocycles. The molecule has 0 amide bonds. The van der Waals surface area contributed by atoms with E-state index in [0.717, 1.165) is 18.0 Å². The topological polar surface area (TPSA) is 21.7 Å². The van der Waals surface area contributed by atoms with E-state index in [4.69, 9.17) is 9.47 Å². The molecule has 1 aromatic carbocycles. The number of ether oxygens (including phenoxy) is 2. The zero-order chi connectivity index (χ0) is 11.5. The third-order valence-corrected chi connectivity index (χ3v) is 3.27. The van der Waals surface area contributed by atoms with Crippen LogP contribution < -0.4 is 9.47 Å². The Balaban J connectivity index is 2.22. The Morgan fingerprint density at radius 2 is 1.94 bits per heavy atom. The first-order valence-corrected chi connectivity index (χ1v) is 5.65. The van der Waals surface area contributed by atoms with Crippen molar-refractivity contribution in [3.8, 4) is 11.5 Å². The highest BCUT2D eigenvalue weighted by Gasteiger charge is 2.21. The van der Waals surface area contributed by atoms with Crippen LogP contribution in [0.5, 0.6) is 11.5 Å². The molecule has 1 aliphatic heterocycles. The summed E-state index contributed by atoms with van der Waals surface area (Å²) < 4.78 is 10.6. The van der Waals surface area contributed by atoms with Gasteiger partial charge in [-0.15, -0.1) is 0 Å². The second-order valence-electron chi connectivity index (χ2n) is 4.36. The minimum atomic E-state index is 0.629. The van der Waals surface area contributed by atoms with Crippen LogP contribution in [-0.4, -0.2) is 39.3 Å². The minimum absolute atomic E-state index is 0.629. The van der Waals surface area contributed by atoms with Crippen molar-refractivity contribution in [1.82, 2.24) is 4.90 Å². The summed E-state index contributed by atoms with van der Waals surface area (Å²) in [7, 11) is 5.52. The first-order valence-electron chi connectivity index (χ1n) is 5.65. The van der Waals surface area contributed by atoms with Crippen molar-refractivity contribution in [1.29, 1.82) is 0 Å². The fourth-order valence-electron chi connectivity index (χ4n) is 2.31. The van der Waals surface area contributed by atoms with Crippen LogP contribution in [0.15, 0.2) is 18.2 Å². The van der Waals surface area contributed by atoms with Gasteiger partial charge in [-0.05, 0) is 43.6 Å². The van der Waals surface area contributed by atoms with Gasteiger partial charge in [0.2, 0.25) is 0 Å². The lowest BCUT2D eigenvalue weighted by molar-refractivity contribution is 0.354. The van der Waals surface area contributed by atoms with Gasteiger partial charge in [0.05, 0.1) is 14.2 Å². The Labute approximate surface area is 97.0 Å². The SMILES string of the molecule is COc1ccc(C2CCN(C)C2)cc1OC. The summed E-state index contributed by atoms with van der Waals surface area (Å²) in [6.45, 7) is 2.31.